The number of carbonyl (C=O) groups excluding carboxylic acids is 3. The van der Waals surface area contributed by atoms with Gasteiger partial charge in [0.1, 0.15) is 0 Å². The first-order valence-electron chi connectivity index (χ1n) is 14.6. The summed E-state index contributed by atoms with van der Waals surface area (Å²) in [5, 5.41) is 5.12. The summed E-state index contributed by atoms with van der Waals surface area (Å²) in [5.74, 6) is 3.16. The van der Waals surface area contributed by atoms with E-state index in [4.69, 9.17) is 5.84 Å². The molecule has 0 unspecified atom stereocenters. The van der Waals surface area contributed by atoms with Crippen molar-refractivity contribution in [2.45, 2.75) is 91.8 Å². The van der Waals surface area contributed by atoms with Crippen molar-refractivity contribution in [3.63, 3.8) is 0 Å². The summed E-state index contributed by atoms with van der Waals surface area (Å²) in [4.78, 5) is 37.3. The summed E-state index contributed by atoms with van der Waals surface area (Å²) in [6.45, 7) is 0.486. The smallest absolute Gasteiger partial charge is 0.353 e. The minimum absolute atomic E-state index is 0. The second-order valence-electron chi connectivity index (χ2n) is 10.9. The molecule has 0 radical (unpaired) electrons. The zero-order chi connectivity index (χ0) is 31.0. The summed E-state index contributed by atoms with van der Waals surface area (Å²) in [6.07, 6.45) is 4.81. The van der Waals surface area contributed by atoms with E-state index in [-0.39, 0.29) is 38.8 Å². The molecule has 2 heterocycles. The number of aromatic amines is 2. The van der Waals surface area contributed by atoms with Gasteiger partial charge in [-0.3, -0.25) is 25.7 Å². The van der Waals surface area contributed by atoms with E-state index in [1.54, 1.807) is 0 Å². The number of fused-ring (bicyclic) bond motifs is 7. The Morgan fingerprint density at radius 2 is 1.11 bits per heavy atom. The monoisotopic (exact) mass is 662 g/mol. The highest BCUT2D eigenvalue weighted by atomic mass is 35.5. The van der Waals surface area contributed by atoms with Crippen LogP contribution in [-0.2, 0) is 14.4 Å². The van der Waals surface area contributed by atoms with Crippen molar-refractivity contribution in [2.24, 2.45) is 5.84 Å². The predicted molar refractivity (Wildman–Crippen MR) is 185 cm³/mol. The molecular formula is C35H46ClF3N4O3. The van der Waals surface area contributed by atoms with Crippen LogP contribution in [0.4, 0.5) is 13.2 Å². The first-order chi connectivity index (χ1) is 20.6. The second-order valence-corrected chi connectivity index (χ2v) is 10.9. The zero-order valence-corrected chi connectivity index (χ0v) is 25.4. The molecule has 7 nitrogen and oxygen atoms in total. The predicted octanol–water partition coefficient (Wildman–Crippen LogP) is 9.27. The fourth-order valence-corrected chi connectivity index (χ4v) is 5.35. The van der Waals surface area contributed by atoms with Crippen molar-refractivity contribution in [3.05, 3.63) is 60.7 Å². The molecule has 11 heteroatoms. The number of aromatic nitrogens is 2. The van der Waals surface area contributed by atoms with Crippen molar-refractivity contribution < 1.29 is 27.6 Å². The molecule has 3 aromatic carbocycles. The number of hydrazine groups is 1. The van der Waals surface area contributed by atoms with Crippen molar-refractivity contribution in [1.82, 2.24) is 15.4 Å². The van der Waals surface area contributed by atoms with Gasteiger partial charge in [0.25, 0.3) is 0 Å². The maximum absolute atomic E-state index is 10.8. The van der Waals surface area contributed by atoms with Gasteiger partial charge < -0.3 is 9.97 Å². The number of para-hydroxylation sites is 2. The molecule has 2 aliphatic rings. The van der Waals surface area contributed by atoms with Gasteiger partial charge in [0.2, 0.25) is 5.78 Å². The maximum Gasteiger partial charge on any atom is 0.449 e. The van der Waals surface area contributed by atoms with Gasteiger partial charge >= 0.3 is 6.18 Å². The molecule has 0 bridgehead atoms. The molecule has 0 amide bonds. The minimum Gasteiger partial charge on any atom is -0.353 e. The van der Waals surface area contributed by atoms with Crippen molar-refractivity contribution >= 4 is 73.4 Å². The molecule has 2 aromatic heterocycles. The van der Waals surface area contributed by atoms with Crippen LogP contribution in [0.2, 0.25) is 0 Å². The van der Waals surface area contributed by atoms with Crippen LogP contribution in [0.25, 0.3) is 43.6 Å². The van der Waals surface area contributed by atoms with Crippen molar-refractivity contribution in [1.29, 1.82) is 0 Å². The van der Waals surface area contributed by atoms with Gasteiger partial charge in [-0.1, -0.05) is 82.6 Å². The van der Waals surface area contributed by atoms with Crippen LogP contribution in [0, 0.1) is 0 Å². The van der Waals surface area contributed by atoms with Crippen molar-refractivity contribution in [3.8, 4) is 0 Å². The van der Waals surface area contributed by atoms with E-state index >= 15 is 0 Å². The van der Waals surface area contributed by atoms with Crippen molar-refractivity contribution in [2.75, 3.05) is 0 Å². The summed E-state index contributed by atoms with van der Waals surface area (Å²) >= 11 is 0. The number of ketones is 3. The quantitative estimate of drug-likeness (QED) is 0.0810. The average molecular weight is 663 g/mol. The number of nitrogens with two attached hydrogens (primary N) is 1. The normalized spacial score (nSPS) is 14.8. The van der Waals surface area contributed by atoms with E-state index in [0.717, 1.165) is 12.8 Å². The lowest BCUT2D eigenvalue weighted by Crippen LogP contribution is -2.36. The first kappa shape index (κ1) is 40.3. The Balaban J connectivity index is 0.000000345. The van der Waals surface area contributed by atoms with Crippen LogP contribution in [0.15, 0.2) is 60.7 Å². The van der Waals surface area contributed by atoms with E-state index in [2.05, 4.69) is 76.1 Å². The zero-order valence-electron chi connectivity index (χ0n) is 24.6. The summed E-state index contributed by atoms with van der Waals surface area (Å²) in [6, 6.07) is 22.0. The van der Waals surface area contributed by atoms with E-state index < -0.39 is 12.0 Å². The fraction of sp³-hybridized carbons (Fsp3) is 0.400. The third-order valence-electron chi connectivity index (χ3n) is 7.77. The lowest BCUT2D eigenvalue weighted by atomic mass is 9.96. The number of carbonyl (C=O) groups is 3. The number of Topliss-reactive ketones (excluding diaryl/α,β-unsaturated/α-hetero) is 3. The van der Waals surface area contributed by atoms with Gasteiger partial charge in [-0.05, 0) is 37.8 Å². The molecule has 2 aliphatic carbocycles. The Bertz CT molecular complexity index is 1620. The fourth-order valence-electron chi connectivity index (χ4n) is 5.35. The van der Waals surface area contributed by atoms with Crippen LogP contribution >= 0.6 is 12.4 Å². The molecule has 5 N–H and O–H groups in total. The first-order valence-corrected chi connectivity index (χ1v) is 14.6. The largest absolute Gasteiger partial charge is 0.449 e. The molecule has 252 valence electrons. The second kappa shape index (κ2) is 18.4. The van der Waals surface area contributed by atoms with Crippen LogP contribution in [0.5, 0.6) is 0 Å². The Hall–Kier alpha value is -3.73. The van der Waals surface area contributed by atoms with E-state index in [0.29, 0.717) is 25.8 Å². The number of hydrogen-bond donors (Lipinski definition) is 4. The minimum atomic E-state index is -4.64. The summed E-state index contributed by atoms with van der Waals surface area (Å²) in [5.41, 5.74) is 7.57. The number of halogens is 4. The maximum atomic E-state index is 10.8. The molecular weight excluding hydrogens is 617 g/mol. The third kappa shape index (κ3) is 10.1. The molecule has 5 aromatic rings. The standard InChI is InChI=1S/C18H12N2.C6H14N2.C6H8O2.C3H3F3O.2CH4.ClH/c1-3-7-15-11(5-1)13-9-10-14-12-6-2-4-8-16(12)20-18(14)17(13)19-15;7-8-6-4-2-1-3-5-6;7-5-3-1-2-4-6(5)8;1-2(7)3(4,5)6;;;/h1-10,19-20H;6,8H,1-5,7H2;1-4H2;1H3;2*1H4;1H. The number of rotatable bonds is 1. The number of nitrogens with one attached hydrogen (secondary N) is 3. The van der Waals surface area contributed by atoms with Crippen LogP contribution in [-0.4, -0.2) is 39.5 Å². The lowest BCUT2D eigenvalue weighted by Gasteiger charge is -2.19. The van der Waals surface area contributed by atoms with Gasteiger partial charge in [-0.15, -0.1) is 12.4 Å². The Morgan fingerprint density at radius 3 is 1.43 bits per heavy atom. The molecule has 0 atom stereocenters. The Kier molecular flexibility index (Phi) is 16.1. The Morgan fingerprint density at radius 1 is 0.717 bits per heavy atom. The molecule has 2 saturated carbocycles. The number of alkyl halides is 3. The van der Waals surface area contributed by atoms with Gasteiger partial charge in [-0.2, -0.15) is 13.2 Å². The Labute approximate surface area is 274 Å². The van der Waals surface area contributed by atoms with Crippen LogP contribution in [0.3, 0.4) is 0 Å². The third-order valence-corrected chi connectivity index (χ3v) is 7.77. The SMILES string of the molecule is C.C.CC(=O)C(F)(F)F.Cl.NNC1CCCCC1.O=C1CCCCC1=O.c1ccc2c(c1)[nH]c1c2ccc2c3ccccc3[nH]c21. The highest BCUT2D eigenvalue weighted by molar-refractivity contribution is 6.37. The summed E-state index contributed by atoms with van der Waals surface area (Å²) in [7, 11) is 0. The van der Waals surface area contributed by atoms with Gasteiger partial charge in [0.15, 0.2) is 11.6 Å². The summed E-state index contributed by atoms with van der Waals surface area (Å²) < 4.78 is 32.5. The highest BCUT2D eigenvalue weighted by Crippen LogP contribution is 2.34. The average Bonchev–Trinajstić information content (AvgIpc) is 3.58. The lowest BCUT2D eigenvalue weighted by molar-refractivity contribution is -0.168. The van der Waals surface area contributed by atoms with Gasteiger partial charge in [0.05, 0.1) is 11.0 Å². The topological polar surface area (TPSA) is 121 Å². The van der Waals surface area contributed by atoms with Gasteiger partial charge in [-0.25, -0.2) is 0 Å². The van der Waals surface area contributed by atoms with E-state index in [1.165, 1.54) is 75.7 Å². The molecule has 2 fully saturated rings. The molecule has 0 saturated heterocycles. The van der Waals surface area contributed by atoms with E-state index in [1.807, 2.05) is 0 Å². The van der Waals surface area contributed by atoms with Crippen LogP contribution < -0.4 is 11.3 Å². The molecule has 7 rings (SSSR count). The number of H-pyrrole nitrogens is 2. The van der Waals surface area contributed by atoms with Gasteiger partial charge in [0, 0.05) is 58.4 Å². The van der Waals surface area contributed by atoms with Crippen LogP contribution in [0.1, 0.15) is 79.6 Å². The molecule has 46 heavy (non-hydrogen) atoms. The highest BCUT2D eigenvalue weighted by Gasteiger charge is 2.33. The van der Waals surface area contributed by atoms with E-state index in [9.17, 15) is 27.6 Å². The number of benzene rings is 3. The molecule has 0 aliphatic heterocycles. The number of hydrogen-bond acceptors (Lipinski definition) is 5. The molecule has 0 spiro atoms.